The van der Waals surface area contributed by atoms with Crippen LogP contribution in [0.25, 0.3) is 0 Å². The molecule has 6 nitrogen and oxygen atoms in total. The average Bonchev–Trinajstić information content (AvgIpc) is 2.42. The summed E-state index contributed by atoms with van der Waals surface area (Å²) in [5, 5.41) is 11.5. The van der Waals surface area contributed by atoms with E-state index in [2.05, 4.69) is 40.8 Å². The molecule has 1 aromatic rings. The summed E-state index contributed by atoms with van der Waals surface area (Å²) >= 11 is 0. The van der Waals surface area contributed by atoms with Crippen LogP contribution < -0.4 is 10.6 Å². The van der Waals surface area contributed by atoms with Crippen LogP contribution >= 0.6 is 0 Å². The molecule has 2 heterocycles. The monoisotopic (exact) mass is 263 g/mol. The van der Waals surface area contributed by atoms with Gasteiger partial charge in [-0.2, -0.15) is 0 Å². The van der Waals surface area contributed by atoms with Gasteiger partial charge in [0.15, 0.2) is 5.84 Å². The first kappa shape index (κ1) is 13.6. The lowest BCUT2D eigenvalue weighted by atomic mass is 9.86. The predicted octanol–water partition coefficient (Wildman–Crippen LogP) is 1.44. The molecule has 3 atom stereocenters. The first-order valence-corrected chi connectivity index (χ1v) is 6.59. The summed E-state index contributed by atoms with van der Waals surface area (Å²) in [6, 6.07) is 0.445. The van der Waals surface area contributed by atoms with Crippen LogP contribution in [0.5, 0.6) is 0 Å². The van der Waals surface area contributed by atoms with Gasteiger partial charge in [-0.1, -0.05) is 19.0 Å². The number of hydrogen-bond donors (Lipinski definition) is 2. The SMILES string of the molecule is CC1CC(C)C(C)N(c2cnc(C(N)=NO)cn2)C1. The number of nitrogens with zero attached hydrogens (tertiary/aromatic N) is 4. The van der Waals surface area contributed by atoms with Crippen LogP contribution in [-0.4, -0.2) is 33.6 Å². The molecule has 1 aromatic heterocycles. The van der Waals surface area contributed by atoms with Crippen molar-refractivity contribution in [3.63, 3.8) is 0 Å². The van der Waals surface area contributed by atoms with E-state index in [4.69, 9.17) is 10.9 Å². The summed E-state index contributed by atoms with van der Waals surface area (Å²) in [5.74, 6) is 2.11. The Morgan fingerprint density at radius 2 is 2.11 bits per heavy atom. The van der Waals surface area contributed by atoms with Crippen molar-refractivity contribution in [3.05, 3.63) is 18.1 Å². The van der Waals surface area contributed by atoms with Gasteiger partial charge in [-0.05, 0) is 25.2 Å². The van der Waals surface area contributed by atoms with E-state index >= 15 is 0 Å². The van der Waals surface area contributed by atoms with Crippen LogP contribution in [0.3, 0.4) is 0 Å². The fourth-order valence-corrected chi connectivity index (χ4v) is 2.67. The van der Waals surface area contributed by atoms with Crippen molar-refractivity contribution in [1.82, 2.24) is 9.97 Å². The van der Waals surface area contributed by atoms with Crippen molar-refractivity contribution in [3.8, 4) is 0 Å². The summed E-state index contributed by atoms with van der Waals surface area (Å²) < 4.78 is 0. The lowest BCUT2D eigenvalue weighted by Crippen LogP contribution is -2.46. The van der Waals surface area contributed by atoms with E-state index in [-0.39, 0.29) is 5.84 Å². The van der Waals surface area contributed by atoms with Crippen LogP contribution in [0.4, 0.5) is 5.82 Å². The number of aromatic nitrogens is 2. The molecule has 6 heteroatoms. The predicted molar refractivity (Wildman–Crippen MR) is 74.3 cm³/mol. The van der Waals surface area contributed by atoms with Crippen molar-refractivity contribution in [2.75, 3.05) is 11.4 Å². The molecule has 0 amide bonds. The van der Waals surface area contributed by atoms with E-state index in [0.29, 0.717) is 23.6 Å². The average molecular weight is 263 g/mol. The first-order valence-electron chi connectivity index (χ1n) is 6.59. The summed E-state index contributed by atoms with van der Waals surface area (Å²) in [4.78, 5) is 10.9. The zero-order chi connectivity index (χ0) is 14.0. The third-order valence-electron chi connectivity index (χ3n) is 3.90. The molecule has 1 saturated heterocycles. The molecule has 19 heavy (non-hydrogen) atoms. The number of hydrogen-bond acceptors (Lipinski definition) is 5. The van der Waals surface area contributed by atoms with Crippen LogP contribution in [0.15, 0.2) is 17.5 Å². The summed E-state index contributed by atoms with van der Waals surface area (Å²) in [6.07, 6.45) is 4.48. The minimum Gasteiger partial charge on any atom is -0.409 e. The van der Waals surface area contributed by atoms with Crippen LogP contribution in [0.1, 0.15) is 32.9 Å². The molecule has 1 aliphatic rings. The molecule has 3 unspecified atom stereocenters. The maximum absolute atomic E-state index is 8.60. The lowest BCUT2D eigenvalue weighted by molar-refractivity contribution is 0.295. The smallest absolute Gasteiger partial charge is 0.190 e. The molecular formula is C13H21N5O. The molecule has 104 valence electrons. The molecule has 1 fully saturated rings. The number of oxime groups is 1. The van der Waals surface area contributed by atoms with Crippen molar-refractivity contribution in [1.29, 1.82) is 0 Å². The number of anilines is 1. The summed E-state index contributed by atoms with van der Waals surface area (Å²) in [5.41, 5.74) is 5.86. The lowest BCUT2D eigenvalue weighted by Gasteiger charge is -2.41. The molecule has 3 N–H and O–H groups in total. The molecule has 0 radical (unpaired) electrons. The standard InChI is InChI=1S/C13H21N5O/c1-8-4-9(2)10(3)18(7-8)12-6-15-11(5-16-12)13(14)17-19/h5-6,8-10,19H,4,7H2,1-3H3,(H2,14,17). The molecule has 2 rings (SSSR count). The molecule has 1 aliphatic heterocycles. The van der Waals surface area contributed by atoms with Crippen molar-refractivity contribution < 1.29 is 5.21 Å². The van der Waals surface area contributed by atoms with Gasteiger partial charge in [-0.15, -0.1) is 0 Å². The third-order valence-corrected chi connectivity index (χ3v) is 3.90. The van der Waals surface area contributed by atoms with Gasteiger partial charge in [0, 0.05) is 12.6 Å². The number of rotatable bonds is 2. The van der Waals surface area contributed by atoms with Gasteiger partial charge < -0.3 is 15.8 Å². The van der Waals surface area contributed by atoms with E-state index < -0.39 is 0 Å². The van der Waals surface area contributed by atoms with Gasteiger partial charge >= 0.3 is 0 Å². The van der Waals surface area contributed by atoms with Gasteiger partial charge in [0.1, 0.15) is 11.5 Å². The minimum absolute atomic E-state index is 0.0209. The van der Waals surface area contributed by atoms with Crippen molar-refractivity contribution in [2.24, 2.45) is 22.7 Å². The van der Waals surface area contributed by atoms with Gasteiger partial charge in [-0.25, -0.2) is 9.97 Å². The second-order valence-corrected chi connectivity index (χ2v) is 5.46. The highest BCUT2D eigenvalue weighted by Gasteiger charge is 2.29. The van der Waals surface area contributed by atoms with Crippen molar-refractivity contribution in [2.45, 2.75) is 33.2 Å². The summed E-state index contributed by atoms with van der Waals surface area (Å²) in [7, 11) is 0. The highest BCUT2D eigenvalue weighted by Crippen LogP contribution is 2.29. The maximum Gasteiger partial charge on any atom is 0.190 e. The summed E-state index contributed by atoms with van der Waals surface area (Å²) in [6.45, 7) is 7.73. The van der Waals surface area contributed by atoms with E-state index in [1.807, 2.05) is 0 Å². The zero-order valence-electron chi connectivity index (χ0n) is 11.6. The first-order chi connectivity index (χ1) is 9.02. The second kappa shape index (κ2) is 5.42. The van der Waals surface area contributed by atoms with E-state index in [9.17, 15) is 0 Å². The molecule has 0 saturated carbocycles. The second-order valence-electron chi connectivity index (χ2n) is 5.46. The fourth-order valence-electron chi connectivity index (χ4n) is 2.67. The third kappa shape index (κ3) is 2.77. The number of nitrogens with two attached hydrogens (primary N) is 1. The van der Waals surface area contributed by atoms with Crippen molar-refractivity contribution >= 4 is 11.7 Å². The van der Waals surface area contributed by atoms with E-state index in [1.54, 1.807) is 12.4 Å². The normalized spacial score (nSPS) is 28.5. The van der Waals surface area contributed by atoms with Gasteiger partial charge in [0.2, 0.25) is 0 Å². The molecular weight excluding hydrogens is 242 g/mol. The quantitative estimate of drug-likeness (QED) is 0.365. The van der Waals surface area contributed by atoms with Crippen LogP contribution in [-0.2, 0) is 0 Å². The Balaban J connectivity index is 2.21. The topological polar surface area (TPSA) is 87.6 Å². The number of amidine groups is 1. The molecule has 0 aliphatic carbocycles. The largest absolute Gasteiger partial charge is 0.409 e. The molecule has 0 aromatic carbocycles. The fraction of sp³-hybridized carbons (Fsp3) is 0.615. The van der Waals surface area contributed by atoms with Gasteiger partial charge in [0.25, 0.3) is 0 Å². The van der Waals surface area contributed by atoms with Gasteiger partial charge in [0.05, 0.1) is 12.4 Å². The Bertz CT molecular complexity index is 459. The minimum atomic E-state index is -0.0209. The Morgan fingerprint density at radius 1 is 1.37 bits per heavy atom. The Labute approximate surface area is 113 Å². The highest BCUT2D eigenvalue weighted by atomic mass is 16.4. The maximum atomic E-state index is 8.60. The van der Waals surface area contributed by atoms with E-state index in [1.165, 1.54) is 6.42 Å². The Morgan fingerprint density at radius 3 is 2.68 bits per heavy atom. The molecule has 0 spiro atoms. The van der Waals surface area contributed by atoms with E-state index in [0.717, 1.165) is 12.4 Å². The zero-order valence-corrected chi connectivity index (χ0v) is 11.6. The Kier molecular flexibility index (Phi) is 3.87. The molecule has 0 bridgehead atoms. The number of piperidine rings is 1. The van der Waals surface area contributed by atoms with Gasteiger partial charge in [-0.3, -0.25) is 0 Å². The van der Waals surface area contributed by atoms with Crippen LogP contribution in [0, 0.1) is 11.8 Å². The highest BCUT2D eigenvalue weighted by molar-refractivity contribution is 5.94. The van der Waals surface area contributed by atoms with Crippen LogP contribution in [0.2, 0.25) is 0 Å². The Hall–Kier alpha value is -1.85.